The minimum atomic E-state index is -4.72. The molecule has 0 aliphatic carbocycles. The number of aromatic nitrogens is 2. The minimum Gasteiger partial charge on any atom is -0.405 e. The van der Waals surface area contributed by atoms with Crippen LogP contribution in [0.1, 0.15) is 78.3 Å². The van der Waals surface area contributed by atoms with Gasteiger partial charge < -0.3 is 70.6 Å². The molecule has 2 heterocycles. The van der Waals surface area contributed by atoms with Crippen molar-refractivity contribution in [3.05, 3.63) is 210 Å². The predicted molar refractivity (Wildman–Crippen MR) is 371 cm³/mol. The monoisotopic (exact) mass is 1450 g/mol. The average molecular weight is 1450 g/mol. The maximum absolute atomic E-state index is 13.9. The summed E-state index contributed by atoms with van der Waals surface area (Å²) in [6.07, 6.45) is -4.32. The van der Waals surface area contributed by atoms with Crippen LogP contribution >= 0.6 is 0 Å². The van der Waals surface area contributed by atoms with E-state index in [1.54, 1.807) is 24.3 Å². The third kappa shape index (κ3) is 26.9. The Morgan fingerprint density at radius 3 is 1.03 bits per heavy atom. The number of allylic oxidation sites excluding steroid dienone is 2. The number of aliphatic imine (C=N–C) groups is 2. The van der Waals surface area contributed by atoms with E-state index in [1.807, 2.05) is 12.1 Å². The summed E-state index contributed by atoms with van der Waals surface area (Å²) in [6.45, 7) is 6.57. The number of nitrogens with two attached hydrogens (primary N) is 2. The minimum absolute atomic E-state index is 0.0281. The lowest BCUT2D eigenvalue weighted by atomic mass is 10.0. The molecule has 6 rings (SSSR count). The number of hydrogen-bond acceptors (Lipinski definition) is 20. The molecular formula is C72H80F6N12O14. The Bertz CT molecular complexity index is 3900. The van der Waals surface area contributed by atoms with E-state index in [0.717, 1.165) is 45.5 Å². The van der Waals surface area contributed by atoms with Crippen molar-refractivity contribution in [3.8, 4) is 23.5 Å². The van der Waals surface area contributed by atoms with Crippen LogP contribution in [-0.4, -0.2) is 176 Å². The summed E-state index contributed by atoms with van der Waals surface area (Å²) in [4.78, 5) is 88.6. The number of amides is 4. The molecule has 4 aromatic carbocycles. The number of carbonyl (C=O) groups is 4. The molecule has 26 nitrogen and oxygen atoms in total. The van der Waals surface area contributed by atoms with E-state index in [0.29, 0.717) is 22.5 Å². The number of nitriles is 2. The highest BCUT2D eigenvalue weighted by Gasteiger charge is 2.33. The lowest BCUT2D eigenvalue weighted by molar-refractivity contribution is -0.138. The van der Waals surface area contributed by atoms with Crippen LogP contribution in [0.5, 0.6) is 0 Å². The molecule has 554 valence electrons. The van der Waals surface area contributed by atoms with Gasteiger partial charge >= 0.3 is 12.4 Å². The molecule has 0 fully saturated rings. The predicted octanol–water partition coefficient (Wildman–Crippen LogP) is 6.88. The van der Waals surface area contributed by atoms with Crippen molar-refractivity contribution in [2.75, 3.05) is 132 Å². The Kier molecular flexibility index (Phi) is 34.3. The lowest BCUT2D eigenvalue weighted by Crippen LogP contribution is -2.36. The summed E-state index contributed by atoms with van der Waals surface area (Å²) >= 11 is 0. The first kappa shape index (κ1) is 82.3. The van der Waals surface area contributed by atoms with E-state index in [4.69, 9.17) is 49.4 Å². The molecule has 0 unspecified atom stereocenters. The van der Waals surface area contributed by atoms with Crippen molar-refractivity contribution in [1.29, 1.82) is 10.5 Å². The van der Waals surface area contributed by atoms with Gasteiger partial charge in [-0.2, -0.15) is 36.9 Å². The van der Waals surface area contributed by atoms with Crippen molar-refractivity contribution in [2.24, 2.45) is 21.5 Å². The number of nitrogens with one attached hydrogen (secondary N) is 4. The van der Waals surface area contributed by atoms with E-state index in [1.165, 1.54) is 86.9 Å². The smallest absolute Gasteiger partial charge is 0.405 e. The van der Waals surface area contributed by atoms with Crippen LogP contribution in [-0.2, 0) is 59.8 Å². The first-order valence-electron chi connectivity index (χ1n) is 32.6. The molecule has 6 aromatic rings. The number of alkyl halides is 6. The summed E-state index contributed by atoms with van der Waals surface area (Å²) < 4.78 is 129. The lowest BCUT2D eigenvalue weighted by Gasteiger charge is -2.18. The number of rotatable bonds is 43. The van der Waals surface area contributed by atoms with Gasteiger partial charge in [-0.1, -0.05) is 12.1 Å². The molecule has 0 saturated carbocycles. The largest absolute Gasteiger partial charge is 0.416 e. The second-order valence-corrected chi connectivity index (χ2v) is 22.1. The first-order valence-corrected chi connectivity index (χ1v) is 32.6. The number of benzene rings is 4. The fourth-order valence-electron chi connectivity index (χ4n) is 9.69. The molecule has 0 saturated heterocycles. The normalized spacial score (nSPS) is 12.0. The van der Waals surface area contributed by atoms with Gasteiger partial charge in [0.2, 0.25) is 11.8 Å². The van der Waals surface area contributed by atoms with Crippen LogP contribution in [0.2, 0.25) is 0 Å². The highest BCUT2D eigenvalue weighted by Crippen LogP contribution is 2.32. The number of hydrogen-bond donors (Lipinski definition) is 6. The number of halogens is 6. The Labute approximate surface area is 594 Å². The van der Waals surface area contributed by atoms with Gasteiger partial charge in [0.15, 0.2) is 0 Å². The Hall–Kier alpha value is -10.7. The standard InChI is InChI=1S/C72H80F6N12O14/c1-49-59(63(19-21-79)87-55-13-9-51(47-81)10-14-55)45-61(69(95)89(49)57-7-3-5-53(43-57)71(73,74)75)67(93)85-25-29-99-33-37-103-41-39-101-35-31-97-27-23-83-65(91)17-18-66(92)84-24-28-98-32-36-102-40-42-104-38-34-100-30-26-86-68(94)62-46-60(64(20-22-80)88-56-15-11-52(48-82)12-16-56)50(2)90(70(62)96)58-8-4-6-54(44-58)72(76,77)78/h3-16,19-22,43-46H,17-18,23-42,79-80H2,1-2H3,(H,83,91)(H,84,92)(H,85,93)(H,86,94). The van der Waals surface area contributed by atoms with E-state index >= 15 is 0 Å². The Morgan fingerprint density at radius 1 is 0.442 bits per heavy atom. The van der Waals surface area contributed by atoms with Crippen molar-refractivity contribution >= 4 is 46.4 Å². The van der Waals surface area contributed by atoms with Gasteiger partial charge in [0.1, 0.15) is 11.1 Å². The van der Waals surface area contributed by atoms with Crippen LogP contribution in [0, 0.1) is 36.5 Å². The SMILES string of the molecule is Cc1c(C(C=CN)=Nc2ccc(C#N)cc2)cc(C(=O)NCCOCCOCCOCCOCCNC(=O)CCC(=O)NCCOCCOCCOCCOCCNC(=O)c2cc(C(C=CN)=Nc3ccc(C#N)cc3)c(C)n(-c3cccc(C(F)(F)F)c3)c2=O)c(=O)n1-c1cccc(C(F)(F)F)c1. The molecular weight excluding hydrogens is 1370 g/mol. The zero-order valence-electron chi connectivity index (χ0n) is 57.1. The molecule has 2 aromatic heterocycles. The summed E-state index contributed by atoms with van der Waals surface area (Å²) in [5, 5.41) is 29.0. The fraction of sp³-hybridized carbons (Fsp3) is 0.361. The van der Waals surface area contributed by atoms with Gasteiger partial charge in [0.25, 0.3) is 22.9 Å². The van der Waals surface area contributed by atoms with Crippen molar-refractivity contribution in [1.82, 2.24) is 30.4 Å². The highest BCUT2D eigenvalue weighted by atomic mass is 19.4. The van der Waals surface area contributed by atoms with Gasteiger partial charge in [-0.15, -0.1) is 0 Å². The third-order valence-corrected chi connectivity index (χ3v) is 14.8. The van der Waals surface area contributed by atoms with Gasteiger partial charge in [-0.25, -0.2) is 9.98 Å². The zero-order valence-corrected chi connectivity index (χ0v) is 57.1. The van der Waals surface area contributed by atoms with Gasteiger partial charge in [-0.05, 0) is 135 Å². The van der Waals surface area contributed by atoms with Gasteiger partial charge in [-0.3, -0.25) is 37.9 Å². The molecule has 4 amide bonds. The summed E-state index contributed by atoms with van der Waals surface area (Å²) in [5.41, 5.74) is 9.35. The van der Waals surface area contributed by atoms with E-state index in [-0.39, 0.29) is 213 Å². The molecule has 0 bridgehead atoms. The maximum Gasteiger partial charge on any atom is 0.416 e. The van der Waals surface area contributed by atoms with Crippen molar-refractivity contribution < 1.29 is 83.4 Å². The Morgan fingerprint density at radius 2 is 0.740 bits per heavy atom. The van der Waals surface area contributed by atoms with Crippen molar-refractivity contribution in [2.45, 2.75) is 39.0 Å². The van der Waals surface area contributed by atoms with Gasteiger partial charge in [0, 0.05) is 72.9 Å². The summed E-state index contributed by atoms with van der Waals surface area (Å²) in [5.74, 6) is -2.29. The molecule has 0 atom stereocenters. The molecule has 0 aliphatic rings. The molecule has 8 N–H and O–H groups in total. The van der Waals surface area contributed by atoms with Crippen LogP contribution < -0.4 is 43.9 Å². The summed E-state index contributed by atoms with van der Waals surface area (Å²) in [7, 11) is 0. The van der Waals surface area contributed by atoms with Gasteiger partial charge in [0.05, 0.1) is 163 Å². The van der Waals surface area contributed by atoms with Crippen LogP contribution in [0.15, 0.2) is 153 Å². The maximum atomic E-state index is 13.9. The average Bonchev–Trinajstić information content (AvgIpc) is 0.781. The molecule has 0 spiro atoms. The molecule has 0 radical (unpaired) electrons. The van der Waals surface area contributed by atoms with Crippen molar-refractivity contribution in [3.63, 3.8) is 0 Å². The van der Waals surface area contributed by atoms with E-state index in [2.05, 4.69) is 31.3 Å². The van der Waals surface area contributed by atoms with E-state index in [9.17, 15) is 65.6 Å². The topological polar surface area (TPSA) is 359 Å². The molecule has 0 aliphatic heterocycles. The highest BCUT2D eigenvalue weighted by molar-refractivity contribution is 6.12. The van der Waals surface area contributed by atoms with Crippen LogP contribution in [0.4, 0.5) is 37.7 Å². The fourth-order valence-corrected chi connectivity index (χ4v) is 9.69. The van der Waals surface area contributed by atoms with Crippen LogP contribution in [0.25, 0.3) is 11.4 Å². The summed E-state index contributed by atoms with van der Waals surface area (Å²) in [6, 6.07) is 27.3. The second-order valence-electron chi connectivity index (χ2n) is 22.1. The third-order valence-electron chi connectivity index (χ3n) is 14.8. The van der Waals surface area contributed by atoms with Crippen LogP contribution in [0.3, 0.4) is 0 Å². The second kappa shape index (κ2) is 43.3. The quantitative estimate of drug-likeness (QED) is 0.0129. The van der Waals surface area contributed by atoms with E-state index < -0.39 is 46.4 Å². The zero-order chi connectivity index (χ0) is 75.3. The Balaban J connectivity index is 0.748. The number of pyridine rings is 2. The molecule has 32 heteroatoms. The number of nitrogens with zero attached hydrogens (tertiary/aromatic N) is 6. The number of carbonyl (C=O) groups excluding carboxylic acids is 4. The number of ether oxygens (including phenoxy) is 8. The first-order chi connectivity index (χ1) is 50.1. The molecule has 104 heavy (non-hydrogen) atoms.